The van der Waals surface area contributed by atoms with E-state index < -0.39 is 10.9 Å². The number of halogens is 1. The van der Waals surface area contributed by atoms with Crippen LogP contribution in [0.5, 0.6) is 5.75 Å². The Balaban J connectivity index is 1.45. The third-order valence-corrected chi connectivity index (χ3v) is 5.42. The van der Waals surface area contributed by atoms with Crippen LogP contribution in [0.3, 0.4) is 0 Å². The smallest absolute Gasteiger partial charge is 0.331 e. The van der Waals surface area contributed by atoms with Gasteiger partial charge in [0.15, 0.2) is 6.79 Å². The highest BCUT2D eigenvalue weighted by Gasteiger charge is 2.21. The van der Waals surface area contributed by atoms with Crippen molar-refractivity contribution in [1.29, 1.82) is 0 Å². The van der Waals surface area contributed by atoms with Crippen LogP contribution < -0.4 is 4.74 Å². The van der Waals surface area contributed by atoms with E-state index in [2.05, 4.69) is 5.10 Å². The molecule has 0 saturated heterocycles. The molecule has 1 aromatic heterocycles. The summed E-state index contributed by atoms with van der Waals surface area (Å²) in [6, 6.07) is 12.5. The molecule has 33 heavy (non-hydrogen) atoms. The molecule has 0 atom stereocenters. The first-order valence-electron chi connectivity index (χ1n) is 10.0. The predicted octanol–water partition coefficient (Wildman–Crippen LogP) is 4.42. The summed E-state index contributed by atoms with van der Waals surface area (Å²) in [6.07, 6.45) is 2.79. The number of non-ortho nitro benzene ring substituents is 1. The first kappa shape index (κ1) is 22.5. The van der Waals surface area contributed by atoms with Gasteiger partial charge in [-0.15, -0.1) is 0 Å². The lowest BCUT2D eigenvalue weighted by Crippen LogP contribution is -2.14. The summed E-state index contributed by atoms with van der Waals surface area (Å²) < 4.78 is 17.6. The molecule has 3 aromatic rings. The molecule has 2 heterocycles. The highest BCUT2D eigenvalue weighted by atomic mass is 35.5. The second-order valence-electron chi connectivity index (χ2n) is 7.34. The maximum Gasteiger partial charge on any atom is 0.331 e. The number of carbonyl (C=O) groups excluding carboxylic acids is 1. The van der Waals surface area contributed by atoms with Crippen LogP contribution in [0.4, 0.5) is 5.69 Å². The number of nitrogens with zero attached hydrogens (tertiary/aromatic N) is 3. The van der Waals surface area contributed by atoms with Gasteiger partial charge in [-0.05, 0) is 18.6 Å². The number of esters is 1. The summed E-state index contributed by atoms with van der Waals surface area (Å²) in [5.74, 6) is -0.196. The molecule has 170 valence electrons. The summed E-state index contributed by atoms with van der Waals surface area (Å²) in [6.45, 7) is 2.32. The van der Waals surface area contributed by atoms with Gasteiger partial charge in [0, 0.05) is 34.9 Å². The Kier molecular flexibility index (Phi) is 6.71. The van der Waals surface area contributed by atoms with Crippen LogP contribution in [0.15, 0.2) is 48.5 Å². The maximum atomic E-state index is 12.3. The molecular weight excluding hydrogens is 450 g/mol. The fourth-order valence-electron chi connectivity index (χ4n) is 3.46. The third kappa shape index (κ3) is 5.21. The van der Waals surface area contributed by atoms with E-state index in [0.717, 1.165) is 5.56 Å². The van der Waals surface area contributed by atoms with Crippen LogP contribution in [-0.4, -0.2) is 27.5 Å². The van der Waals surface area contributed by atoms with Crippen molar-refractivity contribution < 1.29 is 23.9 Å². The summed E-state index contributed by atoms with van der Waals surface area (Å²) >= 11 is 6.47. The number of aryl methyl sites for hydroxylation is 1. The minimum absolute atomic E-state index is 0.0242. The van der Waals surface area contributed by atoms with Gasteiger partial charge in [0.05, 0.1) is 23.8 Å². The van der Waals surface area contributed by atoms with E-state index in [1.54, 1.807) is 17.7 Å². The molecule has 0 radical (unpaired) electrons. The van der Waals surface area contributed by atoms with Gasteiger partial charge in [-0.2, -0.15) is 5.10 Å². The Labute approximate surface area is 194 Å². The highest BCUT2D eigenvalue weighted by molar-refractivity contribution is 6.31. The maximum absolute atomic E-state index is 12.3. The van der Waals surface area contributed by atoms with Crippen LogP contribution in [0.1, 0.15) is 27.9 Å². The lowest BCUT2D eigenvalue weighted by Gasteiger charge is -2.20. The fourth-order valence-corrected chi connectivity index (χ4v) is 3.76. The quantitative estimate of drug-likeness (QED) is 0.218. The number of nitro groups is 1. The molecule has 2 aromatic carbocycles. The van der Waals surface area contributed by atoms with Gasteiger partial charge in [0.2, 0.25) is 0 Å². The highest BCUT2D eigenvalue weighted by Crippen LogP contribution is 2.33. The summed E-state index contributed by atoms with van der Waals surface area (Å²) in [5, 5.41) is 16.0. The van der Waals surface area contributed by atoms with Gasteiger partial charge in [0.1, 0.15) is 17.5 Å². The summed E-state index contributed by atoms with van der Waals surface area (Å²) in [4.78, 5) is 23.0. The first-order valence-corrected chi connectivity index (χ1v) is 10.4. The molecule has 9 nitrogen and oxygen atoms in total. The second kappa shape index (κ2) is 9.85. The van der Waals surface area contributed by atoms with Crippen LogP contribution in [-0.2, 0) is 34.0 Å². The molecule has 10 heteroatoms. The number of carbonyl (C=O) groups is 1. The predicted molar refractivity (Wildman–Crippen MR) is 120 cm³/mol. The van der Waals surface area contributed by atoms with Crippen molar-refractivity contribution >= 4 is 29.3 Å². The van der Waals surface area contributed by atoms with Crippen molar-refractivity contribution in [2.24, 2.45) is 0 Å². The number of nitro benzene ring substituents is 1. The van der Waals surface area contributed by atoms with Gasteiger partial charge >= 0.3 is 5.97 Å². The molecule has 0 amide bonds. The average molecular weight is 470 g/mol. The third-order valence-electron chi connectivity index (χ3n) is 5.02. The zero-order valence-electron chi connectivity index (χ0n) is 17.7. The zero-order chi connectivity index (χ0) is 23.4. The Bertz CT molecular complexity index is 1220. The van der Waals surface area contributed by atoms with E-state index >= 15 is 0 Å². The molecule has 4 rings (SSSR count). The fraction of sp³-hybridized carbons (Fsp3) is 0.217. The normalized spacial score (nSPS) is 12.9. The van der Waals surface area contributed by atoms with Crippen molar-refractivity contribution in [2.75, 3.05) is 6.79 Å². The molecule has 0 spiro atoms. The zero-order valence-corrected chi connectivity index (χ0v) is 18.4. The number of hydrogen-bond donors (Lipinski definition) is 0. The first-order chi connectivity index (χ1) is 15.9. The van der Waals surface area contributed by atoms with Crippen LogP contribution in [0.2, 0.25) is 5.15 Å². The Morgan fingerprint density at radius 3 is 2.88 bits per heavy atom. The number of benzene rings is 2. The Morgan fingerprint density at radius 2 is 2.12 bits per heavy atom. The van der Waals surface area contributed by atoms with E-state index in [4.69, 9.17) is 25.8 Å². The number of aromatic nitrogens is 2. The van der Waals surface area contributed by atoms with Crippen molar-refractivity contribution in [3.8, 4) is 5.75 Å². The molecule has 0 aliphatic carbocycles. The van der Waals surface area contributed by atoms with Gasteiger partial charge in [-0.25, -0.2) is 9.48 Å². The van der Waals surface area contributed by atoms with E-state index in [9.17, 15) is 14.9 Å². The lowest BCUT2D eigenvalue weighted by molar-refractivity contribution is -0.385. The molecule has 0 unspecified atom stereocenters. The van der Waals surface area contributed by atoms with Crippen LogP contribution >= 0.6 is 11.6 Å². The molecule has 0 fully saturated rings. The molecule has 0 bridgehead atoms. The molecular formula is C23H20ClN3O6. The van der Waals surface area contributed by atoms with Crippen LogP contribution in [0.25, 0.3) is 6.08 Å². The number of fused-ring (bicyclic) bond motifs is 1. The Morgan fingerprint density at radius 1 is 1.33 bits per heavy atom. The van der Waals surface area contributed by atoms with Crippen molar-refractivity contribution in [1.82, 2.24) is 9.78 Å². The van der Waals surface area contributed by atoms with Gasteiger partial charge in [0.25, 0.3) is 5.69 Å². The lowest BCUT2D eigenvalue weighted by atomic mass is 10.1. The minimum Gasteiger partial charge on any atom is -0.467 e. The summed E-state index contributed by atoms with van der Waals surface area (Å²) in [5.41, 5.74) is 3.13. The topological polar surface area (TPSA) is 106 Å². The Hall–Kier alpha value is -3.69. The van der Waals surface area contributed by atoms with Gasteiger partial charge < -0.3 is 14.2 Å². The largest absolute Gasteiger partial charge is 0.467 e. The van der Waals surface area contributed by atoms with Crippen molar-refractivity contribution in [2.45, 2.75) is 26.7 Å². The van der Waals surface area contributed by atoms with Crippen LogP contribution in [0, 0.1) is 17.0 Å². The van der Waals surface area contributed by atoms with Crippen molar-refractivity contribution in [3.05, 3.63) is 91.8 Å². The molecule has 0 saturated carbocycles. The van der Waals surface area contributed by atoms with Gasteiger partial charge in [-0.3, -0.25) is 10.1 Å². The molecule has 1 aliphatic rings. The average Bonchev–Trinajstić information content (AvgIpc) is 3.08. The van der Waals surface area contributed by atoms with E-state index in [-0.39, 0.29) is 25.7 Å². The van der Waals surface area contributed by atoms with E-state index in [0.29, 0.717) is 39.8 Å². The van der Waals surface area contributed by atoms with Crippen molar-refractivity contribution in [3.63, 3.8) is 0 Å². The van der Waals surface area contributed by atoms with Gasteiger partial charge in [-0.1, -0.05) is 41.9 Å². The van der Waals surface area contributed by atoms with E-state index in [1.807, 2.05) is 30.3 Å². The minimum atomic E-state index is -0.631. The second-order valence-corrected chi connectivity index (χ2v) is 7.69. The monoisotopic (exact) mass is 469 g/mol. The number of ether oxygens (including phenoxy) is 3. The number of rotatable bonds is 7. The molecule has 1 aliphatic heterocycles. The van der Waals surface area contributed by atoms with E-state index in [1.165, 1.54) is 18.2 Å². The molecule has 0 N–H and O–H groups in total. The summed E-state index contributed by atoms with van der Waals surface area (Å²) in [7, 11) is 0. The standard InChI is InChI=1S/C23H20ClN3O6/c1-15-20(23(24)26(25-15)11-16-5-3-2-4-6-16)7-8-21(28)32-13-18-10-19(27(29)30)9-17-12-31-14-33-22(17)18/h2-10H,11-14H2,1H3/b8-7+. The number of hydrogen-bond acceptors (Lipinski definition) is 7. The SMILES string of the molecule is Cc1nn(Cc2ccccc2)c(Cl)c1/C=C/C(=O)OCc1cc([N+](=O)[O-])cc2c1OCOC2.